The summed E-state index contributed by atoms with van der Waals surface area (Å²) in [6, 6.07) is 14.1. The number of rotatable bonds is 7. The summed E-state index contributed by atoms with van der Waals surface area (Å²) in [6.45, 7) is 8.10. The van der Waals surface area contributed by atoms with Crippen LogP contribution in [0.25, 0.3) is 5.69 Å². The van der Waals surface area contributed by atoms with Crippen molar-refractivity contribution in [3.8, 4) is 5.69 Å². The Hall–Kier alpha value is -2.51. The summed E-state index contributed by atoms with van der Waals surface area (Å²) in [7, 11) is 0. The quantitative estimate of drug-likeness (QED) is 0.344. The van der Waals surface area contributed by atoms with Gasteiger partial charge in [0.1, 0.15) is 5.82 Å². The third-order valence-electron chi connectivity index (χ3n) is 6.04. The molecule has 2 atom stereocenters. The molecule has 1 aromatic heterocycles. The predicted molar refractivity (Wildman–Crippen MR) is 126 cm³/mol. The summed E-state index contributed by atoms with van der Waals surface area (Å²) >= 11 is 1.39. The lowest BCUT2D eigenvalue weighted by atomic mass is 10.1. The Morgan fingerprint density at radius 2 is 1.62 bits per heavy atom. The van der Waals surface area contributed by atoms with Crippen molar-refractivity contribution >= 4 is 17.5 Å². The Kier molecular flexibility index (Phi) is 7.06. The molecule has 7 heteroatoms. The van der Waals surface area contributed by atoms with Crippen LogP contribution in [0.4, 0.5) is 4.39 Å². The fraction of sp³-hybridized carbons (Fsp3) is 0.400. The molecule has 0 N–H and O–H groups in total. The second kappa shape index (κ2) is 9.96. The second-order valence-corrected chi connectivity index (χ2v) is 9.72. The number of Topliss-reactive ketones (excluding diaryl/α,β-unsaturated/α-hetero) is 1. The van der Waals surface area contributed by atoms with Crippen molar-refractivity contribution in [3.05, 3.63) is 71.3 Å². The van der Waals surface area contributed by atoms with Crippen molar-refractivity contribution in [2.75, 3.05) is 13.1 Å². The molecule has 0 spiro atoms. The van der Waals surface area contributed by atoms with Gasteiger partial charge in [-0.3, -0.25) is 14.3 Å². The highest BCUT2D eigenvalue weighted by atomic mass is 32.2. The summed E-state index contributed by atoms with van der Waals surface area (Å²) in [5.41, 5.74) is 2.60. The van der Waals surface area contributed by atoms with Gasteiger partial charge in [0.05, 0.1) is 11.3 Å². The van der Waals surface area contributed by atoms with Crippen molar-refractivity contribution < 1.29 is 9.18 Å². The van der Waals surface area contributed by atoms with E-state index in [4.69, 9.17) is 0 Å². The lowest BCUT2D eigenvalue weighted by Gasteiger charge is -2.32. The molecule has 168 valence electrons. The molecule has 4 rings (SSSR count). The number of likely N-dealkylation sites (tertiary alicyclic amines) is 1. The number of carbonyl (C=O) groups is 1. The van der Waals surface area contributed by atoms with E-state index < -0.39 is 0 Å². The minimum absolute atomic E-state index is 0.0503. The number of thioether (sulfide) groups is 1. The molecule has 0 bridgehead atoms. The molecule has 0 saturated carbocycles. The van der Waals surface area contributed by atoms with Crippen LogP contribution < -0.4 is 0 Å². The monoisotopic (exact) mass is 452 g/mol. The molecular formula is C25H29FN4OS. The molecule has 32 heavy (non-hydrogen) atoms. The molecule has 1 aliphatic heterocycles. The Morgan fingerprint density at radius 3 is 2.28 bits per heavy atom. The predicted octanol–water partition coefficient (Wildman–Crippen LogP) is 5.63. The van der Waals surface area contributed by atoms with E-state index in [0.717, 1.165) is 30.2 Å². The maximum Gasteiger partial charge on any atom is 0.196 e. The molecule has 1 fully saturated rings. The van der Waals surface area contributed by atoms with Crippen LogP contribution in [0.1, 0.15) is 60.9 Å². The number of hydrogen-bond donors (Lipinski definition) is 0. The summed E-state index contributed by atoms with van der Waals surface area (Å²) in [4.78, 5) is 15.4. The number of aryl methyl sites for hydroxylation is 1. The van der Waals surface area contributed by atoms with Gasteiger partial charge in [-0.05, 0) is 71.0 Å². The largest absolute Gasteiger partial charge is 0.294 e. The Balaban J connectivity index is 1.65. The minimum Gasteiger partial charge on any atom is -0.294 e. The first kappa shape index (κ1) is 22.7. The van der Waals surface area contributed by atoms with Gasteiger partial charge >= 0.3 is 0 Å². The van der Waals surface area contributed by atoms with E-state index in [1.54, 1.807) is 12.1 Å². The van der Waals surface area contributed by atoms with Crippen LogP contribution in [-0.4, -0.2) is 43.8 Å². The zero-order valence-corrected chi connectivity index (χ0v) is 19.6. The van der Waals surface area contributed by atoms with Gasteiger partial charge in [0.25, 0.3) is 0 Å². The molecule has 1 saturated heterocycles. The average molecular weight is 453 g/mol. The van der Waals surface area contributed by atoms with Crippen molar-refractivity contribution in [2.45, 2.75) is 56.5 Å². The topological polar surface area (TPSA) is 51.0 Å². The molecule has 0 amide bonds. The zero-order chi connectivity index (χ0) is 22.7. The van der Waals surface area contributed by atoms with Gasteiger partial charge in [0, 0.05) is 11.3 Å². The van der Waals surface area contributed by atoms with Crippen LogP contribution in [0.15, 0.2) is 53.7 Å². The highest BCUT2D eigenvalue weighted by molar-refractivity contribution is 8.00. The van der Waals surface area contributed by atoms with Gasteiger partial charge in [-0.2, -0.15) is 0 Å². The van der Waals surface area contributed by atoms with E-state index in [1.165, 1.54) is 43.2 Å². The van der Waals surface area contributed by atoms with Gasteiger partial charge < -0.3 is 0 Å². The first-order chi connectivity index (χ1) is 15.4. The van der Waals surface area contributed by atoms with E-state index >= 15 is 0 Å². The fourth-order valence-corrected chi connectivity index (χ4v) is 5.05. The van der Waals surface area contributed by atoms with Crippen molar-refractivity contribution in [1.29, 1.82) is 0 Å². The molecule has 1 aliphatic rings. The van der Waals surface area contributed by atoms with Crippen molar-refractivity contribution in [1.82, 2.24) is 19.7 Å². The summed E-state index contributed by atoms with van der Waals surface area (Å²) in [5.74, 6) is 0.579. The molecule has 2 heterocycles. The van der Waals surface area contributed by atoms with Crippen LogP contribution in [0.2, 0.25) is 0 Å². The third-order valence-corrected chi connectivity index (χ3v) is 7.09. The number of aromatic nitrogens is 3. The number of halogens is 1. The lowest BCUT2D eigenvalue weighted by molar-refractivity contribution is 0.0994. The highest BCUT2D eigenvalue weighted by Gasteiger charge is 2.27. The molecule has 2 unspecified atom stereocenters. The van der Waals surface area contributed by atoms with Crippen molar-refractivity contribution in [3.63, 3.8) is 0 Å². The summed E-state index contributed by atoms with van der Waals surface area (Å²) in [5, 5.41) is 9.30. The van der Waals surface area contributed by atoms with E-state index in [-0.39, 0.29) is 22.9 Å². The van der Waals surface area contributed by atoms with Gasteiger partial charge in [-0.25, -0.2) is 4.39 Å². The average Bonchev–Trinajstić information content (AvgIpc) is 3.23. The minimum atomic E-state index is -0.334. The number of hydrogen-bond acceptors (Lipinski definition) is 5. The van der Waals surface area contributed by atoms with E-state index in [1.807, 2.05) is 42.7 Å². The first-order valence-corrected chi connectivity index (χ1v) is 12.0. The maximum absolute atomic E-state index is 13.6. The highest BCUT2D eigenvalue weighted by Crippen LogP contribution is 2.32. The Morgan fingerprint density at radius 1 is 0.969 bits per heavy atom. The standard InChI is InChI=1S/C25H29FN4OS/c1-17-7-9-20(10-8-17)23(31)19(3)32-25-28-27-24(18(2)29-15-5-4-6-16-29)30(25)22-13-11-21(26)12-14-22/h7-14,18-19H,4-6,15-16H2,1-3H3. The van der Waals surface area contributed by atoms with Crippen LogP contribution in [0.5, 0.6) is 0 Å². The Bertz CT molecular complexity index is 1060. The van der Waals surface area contributed by atoms with Crippen LogP contribution in [0.3, 0.4) is 0 Å². The molecule has 0 radical (unpaired) electrons. The third kappa shape index (κ3) is 4.94. The first-order valence-electron chi connectivity index (χ1n) is 11.2. The number of piperidine rings is 1. The van der Waals surface area contributed by atoms with Crippen LogP contribution >= 0.6 is 11.8 Å². The van der Waals surface area contributed by atoms with E-state index in [2.05, 4.69) is 22.0 Å². The van der Waals surface area contributed by atoms with Crippen molar-refractivity contribution in [2.24, 2.45) is 0 Å². The normalized spacial score (nSPS) is 16.6. The van der Waals surface area contributed by atoms with Gasteiger partial charge in [0.15, 0.2) is 16.8 Å². The van der Waals surface area contributed by atoms with E-state index in [9.17, 15) is 9.18 Å². The molecule has 5 nitrogen and oxygen atoms in total. The molecule has 0 aliphatic carbocycles. The summed E-state index contributed by atoms with van der Waals surface area (Å²) < 4.78 is 15.6. The lowest BCUT2D eigenvalue weighted by Crippen LogP contribution is -2.33. The molecular weight excluding hydrogens is 423 g/mol. The molecule has 3 aromatic rings. The van der Waals surface area contributed by atoms with Crippen LogP contribution in [-0.2, 0) is 0 Å². The number of ketones is 1. The maximum atomic E-state index is 13.6. The smallest absolute Gasteiger partial charge is 0.196 e. The van der Waals surface area contributed by atoms with Gasteiger partial charge in [-0.15, -0.1) is 10.2 Å². The van der Waals surface area contributed by atoms with Gasteiger partial charge in [0.2, 0.25) is 0 Å². The second-order valence-electron chi connectivity index (χ2n) is 8.42. The zero-order valence-electron chi connectivity index (χ0n) is 18.8. The van der Waals surface area contributed by atoms with Gasteiger partial charge in [-0.1, -0.05) is 48.0 Å². The van der Waals surface area contributed by atoms with E-state index in [0.29, 0.717) is 10.7 Å². The summed E-state index contributed by atoms with van der Waals surface area (Å²) in [6.07, 6.45) is 3.62. The number of carbonyl (C=O) groups excluding carboxylic acids is 1. The fourth-order valence-electron chi connectivity index (χ4n) is 4.09. The SMILES string of the molecule is Cc1ccc(C(=O)C(C)Sc2nnc(C(C)N3CCCCC3)n2-c2ccc(F)cc2)cc1. The number of benzene rings is 2. The van der Waals surface area contributed by atoms with Crippen LogP contribution in [0, 0.1) is 12.7 Å². The number of nitrogens with zero attached hydrogens (tertiary/aromatic N) is 4. The Labute approximate surface area is 193 Å². The molecule has 2 aromatic carbocycles.